The van der Waals surface area contributed by atoms with Crippen LogP contribution in [-0.2, 0) is 11.2 Å². The Morgan fingerprint density at radius 3 is 3.08 bits per heavy atom. The van der Waals surface area contributed by atoms with Crippen LogP contribution in [0.4, 0.5) is 0 Å². The van der Waals surface area contributed by atoms with Gasteiger partial charge in [0, 0.05) is 17.8 Å². The van der Waals surface area contributed by atoms with Gasteiger partial charge in [0.15, 0.2) is 0 Å². The molecule has 0 atom stereocenters. The maximum Gasteiger partial charge on any atom is 0.303 e. The van der Waals surface area contributed by atoms with Crippen molar-refractivity contribution < 1.29 is 9.90 Å². The third-order valence-corrected chi connectivity index (χ3v) is 2.22. The standard InChI is InChI=1S/C9H12N2O2/c12-8(13)4-3-7-5-10-9(11-7)6-1-2-6/h5-6H,1-4H2,(H,10,11)(H,12,13). The number of carboxylic acid groups (broad SMARTS) is 1. The molecule has 1 aromatic heterocycles. The number of nitrogens with zero attached hydrogens (tertiary/aromatic N) is 1. The van der Waals surface area contributed by atoms with Crippen LogP contribution in [0.15, 0.2) is 6.20 Å². The molecule has 0 amide bonds. The van der Waals surface area contributed by atoms with E-state index in [0.29, 0.717) is 12.3 Å². The van der Waals surface area contributed by atoms with Gasteiger partial charge in [-0.3, -0.25) is 4.79 Å². The summed E-state index contributed by atoms with van der Waals surface area (Å²) in [5.74, 6) is 0.876. The molecule has 0 radical (unpaired) electrons. The molecule has 4 nitrogen and oxygen atoms in total. The minimum absolute atomic E-state index is 0.173. The van der Waals surface area contributed by atoms with E-state index in [1.54, 1.807) is 6.20 Å². The summed E-state index contributed by atoms with van der Waals surface area (Å²) in [4.78, 5) is 17.7. The van der Waals surface area contributed by atoms with Crippen LogP contribution in [0.5, 0.6) is 0 Å². The Balaban J connectivity index is 1.92. The third-order valence-electron chi connectivity index (χ3n) is 2.22. The first kappa shape index (κ1) is 8.29. The lowest BCUT2D eigenvalue weighted by atomic mass is 10.2. The van der Waals surface area contributed by atoms with E-state index in [1.807, 2.05) is 0 Å². The fraction of sp³-hybridized carbons (Fsp3) is 0.556. The molecule has 2 rings (SSSR count). The Kier molecular flexibility index (Phi) is 2.04. The third kappa shape index (κ3) is 2.08. The summed E-state index contributed by atoms with van der Waals surface area (Å²) in [5.41, 5.74) is 0.935. The lowest BCUT2D eigenvalue weighted by Gasteiger charge is -1.92. The number of hydrogen-bond donors (Lipinski definition) is 2. The van der Waals surface area contributed by atoms with Crippen molar-refractivity contribution in [1.29, 1.82) is 0 Å². The molecule has 1 saturated carbocycles. The van der Waals surface area contributed by atoms with Gasteiger partial charge in [0.2, 0.25) is 0 Å². The van der Waals surface area contributed by atoms with Crippen LogP contribution in [0.25, 0.3) is 0 Å². The molecule has 1 aliphatic carbocycles. The van der Waals surface area contributed by atoms with Crippen molar-refractivity contribution in [3.05, 3.63) is 17.7 Å². The maximum absolute atomic E-state index is 10.3. The Morgan fingerprint density at radius 2 is 2.46 bits per heavy atom. The van der Waals surface area contributed by atoms with Gasteiger partial charge in [0.1, 0.15) is 5.82 Å². The second-order valence-electron chi connectivity index (χ2n) is 3.46. The number of aromatic nitrogens is 2. The number of rotatable bonds is 4. The summed E-state index contributed by atoms with van der Waals surface area (Å²) in [5, 5.41) is 8.47. The highest BCUT2D eigenvalue weighted by Gasteiger charge is 2.26. The molecule has 1 aromatic rings. The summed E-state index contributed by atoms with van der Waals surface area (Å²) >= 11 is 0. The molecule has 0 unspecified atom stereocenters. The van der Waals surface area contributed by atoms with E-state index < -0.39 is 5.97 Å². The fourth-order valence-electron chi connectivity index (χ4n) is 1.31. The van der Waals surface area contributed by atoms with E-state index in [1.165, 1.54) is 12.8 Å². The van der Waals surface area contributed by atoms with E-state index in [4.69, 9.17) is 5.11 Å². The number of imidazole rings is 1. The topological polar surface area (TPSA) is 66.0 Å². The van der Waals surface area contributed by atoms with Gasteiger partial charge in [-0.15, -0.1) is 0 Å². The number of carboxylic acids is 1. The molecular formula is C9H12N2O2. The Hall–Kier alpha value is -1.32. The summed E-state index contributed by atoms with van der Waals surface area (Å²) in [6.45, 7) is 0. The highest BCUT2D eigenvalue weighted by molar-refractivity contribution is 5.66. The Morgan fingerprint density at radius 1 is 1.69 bits per heavy atom. The molecular weight excluding hydrogens is 168 g/mol. The SMILES string of the molecule is O=C(O)CCc1cnc(C2CC2)[nH]1. The molecule has 1 heterocycles. The normalized spacial score (nSPS) is 16.0. The zero-order chi connectivity index (χ0) is 9.26. The van der Waals surface area contributed by atoms with Gasteiger partial charge in [0.05, 0.1) is 6.42 Å². The molecule has 4 heteroatoms. The van der Waals surface area contributed by atoms with E-state index in [0.717, 1.165) is 11.5 Å². The van der Waals surface area contributed by atoms with Gasteiger partial charge >= 0.3 is 5.97 Å². The van der Waals surface area contributed by atoms with E-state index in [-0.39, 0.29) is 6.42 Å². The molecule has 0 saturated heterocycles. The molecule has 0 bridgehead atoms. The minimum Gasteiger partial charge on any atom is -0.481 e. The molecule has 0 spiro atoms. The Bertz CT molecular complexity index is 315. The quantitative estimate of drug-likeness (QED) is 0.734. The van der Waals surface area contributed by atoms with Crippen molar-refractivity contribution in [1.82, 2.24) is 9.97 Å². The predicted octanol–water partition coefficient (Wildman–Crippen LogP) is 1.30. The van der Waals surface area contributed by atoms with E-state index >= 15 is 0 Å². The summed E-state index contributed by atoms with van der Waals surface area (Å²) < 4.78 is 0. The molecule has 70 valence electrons. The van der Waals surface area contributed by atoms with Crippen molar-refractivity contribution in [3.63, 3.8) is 0 Å². The minimum atomic E-state index is -0.762. The van der Waals surface area contributed by atoms with Crippen LogP contribution in [0.1, 0.15) is 36.7 Å². The van der Waals surface area contributed by atoms with Gasteiger partial charge < -0.3 is 10.1 Å². The number of nitrogens with one attached hydrogen (secondary N) is 1. The monoisotopic (exact) mass is 180 g/mol. The summed E-state index contributed by atoms with van der Waals surface area (Å²) in [7, 11) is 0. The number of H-pyrrole nitrogens is 1. The fourth-order valence-corrected chi connectivity index (χ4v) is 1.31. The van der Waals surface area contributed by atoms with Crippen molar-refractivity contribution in [2.45, 2.75) is 31.6 Å². The second kappa shape index (κ2) is 3.20. The maximum atomic E-state index is 10.3. The van der Waals surface area contributed by atoms with Gasteiger partial charge in [-0.05, 0) is 19.3 Å². The first-order valence-corrected chi connectivity index (χ1v) is 4.51. The van der Waals surface area contributed by atoms with Crippen LogP contribution in [0.2, 0.25) is 0 Å². The Labute approximate surface area is 76.0 Å². The first-order chi connectivity index (χ1) is 6.25. The van der Waals surface area contributed by atoms with Crippen molar-refractivity contribution in [2.24, 2.45) is 0 Å². The average Bonchev–Trinajstić information content (AvgIpc) is 2.83. The highest BCUT2D eigenvalue weighted by Crippen LogP contribution is 2.38. The average molecular weight is 180 g/mol. The van der Waals surface area contributed by atoms with Crippen molar-refractivity contribution in [2.75, 3.05) is 0 Å². The molecule has 2 N–H and O–H groups in total. The number of hydrogen-bond acceptors (Lipinski definition) is 2. The smallest absolute Gasteiger partial charge is 0.303 e. The van der Waals surface area contributed by atoms with Crippen molar-refractivity contribution >= 4 is 5.97 Å². The lowest BCUT2D eigenvalue weighted by Crippen LogP contribution is -1.97. The van der Waals surface area contributed by atoms with Crippen LogP contribution in [0, 0.1) is 0 Å². The largest absolute Gasteiger partial charge is 0.481 e. The molecule has 1 aliphatic rings. The molecule has 0 aliphatic heterocycles. The summed E-state index contributed by atoms with van der Waals surface area (Å²) in [6.07, 6.45) is 4.90. The lowest BCUT2D eigenvalue weighted by molar-refractivity contribution is -0.136. The van der Waals surface area contributed by atoms with Gasteiger partial charge in [-0.2, -0.15) is 0 Å². The second-order valence-corrected chi connectivity index (χ2v) is 3.46. The van der Waals surface area contributed by atoms with Crippen LogP contribution < -0.4 is 0 Å². The van der Waals surface area contributed by atoms with Gasteiger partial charge in [-0.1, -0.05) is 0 Å². The molecule has 1 fully saturated rings. The predicted molar refractivity (Wildman–Crippen MR) is 46.5 cm³/mol. The van der Waals surface area contributed by atoms with Gasteiger partial charge in [-0.25, -0.2) is 4.98 Å². The molecule has 13 heavy (non-hydrogen) atoms. The number of aromatic amines is 1. The van der Waals surface area contributed by atoms with Crippen molar-refractivity contribution in [3.8, 4) is 0 Å². The summed E-state index contributed by atoms with van der Waals surface area (Å²) in [6, 6.07) is 0. The number of aliphatic carboxylic acids is 1. The number of aryl methyl sites for hydroxylation is 1. The van der Waals surface area contributed by atoms with Gasteiger partial charge in [0.25, 0.3) is 0 Å². The highest BCUT2D eigenvalue weighted by atomic mass is 16.4. The van der Waals surface area contributed by atoms with E-state index in [9.17, 15) is 4.79 Å². The zero-order valence-electron chi connectivity index (χ0n) is 7.29. The van der Waals surface area contributed by atoms with Crippen LogP contribution >= 0.6 is 0 Å². The van der Waals surface area contributed by atoms with Crippen LogP contribution in [0.3, 0.4) is 0 Å². The van der Waals surface area contributed by atoms with Crippen LogP contribution in [-0.4, -0.2) is 21.0 Å². The van der Waals surface area contributed by atoms with E-state index in [2.05, 4.69) is 9.97 Å². The number of carbonyl (C=O) groups is 1. The molecule has 0 aromatic carbocycles. The first-order valence-electron chi connectivity index (χ1n) is 4.51. The zero-order valence-corrected chi connectivity index (χ0v) is 7.29.